The van der Waals surface area contributed by atoms with Gasteiger partial charge in [-0.1, -0.05) is 59.8 Å². The maximum absolute atomic E-state index is 5.85. The minimum atomic E-state index is 0.463. The van der Waals surface area contributed by atoms with E-state index in [9.17, 15) is 0 Å². The van der Waals surface area contributed by atoms with Gasteiger partial charge in [-0.3, -0.25) is 0 Å². The Balaban J connectivity index is 0.000000489. The topological polar surface area (TPSA) is 12.0 Å². The van der Waals surface area contributed by atoms with Crippen LogP contribution in [-0.2, 0) is 0 Å². The van der Waals surface area contributed by atoms with Crippen LogP contribution in [0.1, 0.15) is 113 Å². The van der Waals surface area contributed by atoms with Crippen molar-refractivity contribution in [2.24, 2.45) is 45.8 Å². The standard InChI is InChI=1S/C26H40.C4H9N.C2H6/c1-7-18(3)20-9-11-22-21(20)10-12-23-25(22,5)16-15-24(4)17-19(8-2)13-14-26(23,24)6;1-3-4-5-2;1-2/h2,19-23H,3,7,9-17H2,1,4-6H3;3-5H,1-2H3;1-2H3/b;4-3-;. The first-order valence-electron chi connectivity index (χ1n) is 14.1. The molecule has 1 heteroatoms. The van der Waals surface area contributed by atoms with E-state index in [0.717, 1.165) is 23.7 Å². The summed E-state index contributed by atoms with van der Waals surface area (Å²) in [6.07, 6.45) is 23.4. The highest BCUT2D eigenvalue weighted by Gasteiger charge is 2.65. The molecule has 0 radical (unpaired) electrons. The summed E-state index contributed by atoms with van der Waals surface area (Å²) >= 11 is 0. The summed E-state index contributed by atoms with van der Waals surface area (Å²) < 4.78 is 0. The van der Waals surface area contributed by atoms with E-state index in [0.29, 0.717) is 22.2 Å². The molecule has 4 rings (SSSR count). The molecule has 4 aliphatic rings. The molecule has 0 aromatic rings. The molecule has 8 atom stereocenters. The van der Waals surface area contributed by atoms with Crippen LogP contribution in [0.5, 0.6) is 0 Å². The molecule has 0 aromatic carbocycles. The molecular weight excluding hydrogens is 398 g/mol. The molecule has 188 valence electrons. The normalized spacial score (nSPS) is 43.4. The number of rotatable bonds is 3. The van der Waals surface area contributed by atoms with Gasteiger partial charge >= 0.3 is 0 Å². The van der Waals surface area contributed by atoms with Gasteiger partial charge in [0.15, 0.2) is 0 Å². The minimum Gasteiger partial charge on any atom is -0.394 e. The Morgan fingerprint density at radius 3 is 2.30 bits per heavy atom. The molecule has 0 saturated heterocycles. The average Bonchev–Trinajstić information content (AvgIpc) is 3.27. The second-order valence-electron chi connectivity index (χ2n) is 12.0. The van der Waals surface area contributed by atoms with Crippen LogP contribution in [0.4, 0.5) is 0 Å². The number of terminal acetylenes is 1. The second-order valence-corrected chi connectivity index (χ2v) is 12.0. The lowest BCUT2D eigenvalue weighted by Gasteiger charge is -2.68. The highest BCUT2D eigenvalue weighted by atomic mass is 14.8. The van der Waals surface area contributed by atoms with Crippen LogP contribution in [0.25, 0.3) is 0 Å². The Kier molecular flexibility index (Phi) is 9.80. The van der Waals surface area contributed by atoms with E-state index in [-0.39, 0.29) is 0 Å². The zero-order valence-electron chi connectivity index (χ0n) is 23.4. The third-order valence-corrected chi connectivity index (χ3v) is 10.9. The zero-order valence-corrected chi connectivity index (χ0v) is 23.4. The van der Waals surface area contributed by atoms with Crippen LogP contribution in [0.3, 0.4) is 0 Å². The minimum absolute atomic E-state index is 0.463. The molecule has 0 amide bonds. The third kappa shape index (κ3) is 4.97. The smallest absolute Gasteiger partial charge is 0.0205 e. The van der Waals surface area contributed by atoms with Crippen molar-refractivity contribution in [1.29, 1.82) is 0 Å². The average molecular weight is 454 g/mol. The van der Waals surface area contributed by atoms with E-state index in [1.54, 1.807) is 5.57 Å². The van der Waals surface area contributed by atoms with E-state index >= 15 is 0 Å². The van der Waals surface area contributed by atoms with Crippen molar-refractivity contribution in [1.82, 2.24) is 5.32 Å². The molecule has 0 heterocycles. The van der Waals surface area contributed by atoms with Crippen LogP contribution >= 0.6 is 0 Å². The molecule has 4 fully saturated rings. The van der Waals surface area contributed by atoms with Crippen molar-refractivity contribution >= 4 is 0 Å². The van der Waals surface area contributed by atoms with E-state index < -0.39 is 0 Å². The van der Waals surface area contributed by atoms with Crippen LogP contribution in [0, 0.1) is 58.2 Å². The van der Waals surface area contributed by atoms with Gasteiger partial charge in [0.25, 0.3) is 0 Å². The SMILES string of the molecule is C#CC1CCC2(C)C3CCC4C(C(=C)CC)CCC4C3(C)CCC2(C)C1.C/C=C\NC.CC. The lowest BCUT2D eigenvalue weighted by Crippen LogP contribution is -2.60. The number of allylic oxidation sites excluding steroid dienone is 2. The molecular formula is C32H55N. The molecule has 1 N–H and O–H groups in total. The highest BCUT2D eigenvalue weighted by Crippen LogP contribution is 2.73. The van der Waals surface area contributed by atoms with Gasteiger partial charge in [-0.25, -0.2) is 0 Å². The van der Waals surface area contributed by atoms with Crippen LogP contribution in [-0.4, -0.2) is 7.05 Å². The monoisotopic (exact) mass is 453 g/mol. The largest absolute Gasteiger partial charge is 0.394 e. The fraction of sp³-hybridized carbons (Fsp3) is 0.812. The Hall–Kier alpha value is -1.16. The van der Waals surface area contributed by atoms with Gasteiger partial charge in [-0.15, -0.1) is 12.3 Å². The first kappa shape index (κ1) is 28.1. The Bertz CT molecular complexity index is 713. The maximum Gasteiger partial charge on any atom is 0.0205 e. The lowest BCUT2D eigenvalue weighted by molar-refractivity contribution is -0.184. The zero-order chi connectivity index (χ0) is 24.9. The molecule has 0 bridgehead atoms. The van der Waals surface area contributed by atoms with Crippen molar-refractivity contribution in [3.63, 3.8) is 0 Å². The van der Waals surface area contributed by atoms with Crippen molar-refractivity contribution in [2.45, 2.75) is 113 Å². The van der Waals surface area contributed by atoms with Crippen molar-refractivity contribution in [2.75, 3.05) is 7.05 Å². The highest BCUT2D eigenvalue weighted by molar-refractivity contribution is 5.18. The molecule has 0 aliphatic heterocycles. The molecule has 0 spiro atoms. The number of nitrogens with one attached hydrogen (secondary N) is 1. The summed E-state index contributed by atoms with van der Waals surface area (Å²) in [6, 6.07) is 0. The van der Waals surface area contributed by atoms with Gasteiger partial charge in [0.2, 0.25) is 0 Å². The van der Waals surface area contributed by atoms with Crippen LogP contribution < -0.4 is 5.32 Å². The Morgan fingerprint density at radius 2 is 1.76 bits per heavy atom. The quantitative estimate of drug-likeness (QED) is 0.332. The predicted octanol–water partition coefficient (Wildman–Crippen LogP) is 9.02. The number of hydrogen-bond donors (Lipinski definition) is 1. The first-order chi connectivity index (χ1) is 15.7. The second kappa shape index (κ2) is 11.5. The number of hydrogen-bond acceptors (Lipinski definition) is 1. The van der Waals surface area contributed by atoms with Gasteiger partial charge in [0, 0.05) is 13.0 Å². The van der Waals surface area contributed by atoms with E-state index in [1.807, 2.05) is 40.1 Å². The predicted molar refractivity (Wildman–Crippen MR) is 147 cm³/mol. The molecule has 0 aromatic heterocycles. The van der Waals surface area contributed by atoms with Gasteiger partial charge in [-0.2, -0.15) is 0 Å². The third-order valence-electron chi connectivity index (χ3n) is 10.9. The van der Waals surface area contributed by atoms with Crippen LogP contribution in [0.2, 0.25) is 0 Å². The number of fused-ring (bicyclic) bond motifs is 5. The van der Waals surface area contributed by atoms with Gasteiger partial charge in [0.05, 0.1) is 0 Å². The Labute approximate surface area is 207 Å². The first-order valence-corrected chi connectivity index (χ1v) is 14.1. The van der Waals surface area contributed by atoms with Crippen molar-refractivity contribution in [3.8, 4) is 12.3 Å². The maximum atomic E-state index is 5.85. The van der Waals surface area contributed by atoms with E-state index in [4.69, 9.17) is 6.42 Å². The summed E-state index contributed by atoms with van der Waals surface area (Å²) in [5.74, 6) is 7.24. The van der Waals surface area contributed by atoms with Crippen molar-refractivity contribution < 1.29 is 0 Å². The molecule has 8 unspecified atom stereocenters. The molecule has 33 heavy (non-hydrogen) atoms. The summed E-state index contributed by atoms with van der Waals surface area (Å²) in [6.45, 7) is 20.7. The summed E-state index contributed by atoms with van der Waals surface area (Å²) in [5.41, 5.74) is 3.06. The molecule has 1 nitrogen and oxygen atoms in total. The fourth-order valence-corrected chi connectivity index (χ4v) is 8.90. The summed E-state index contributed by atoms with van der Waals surface area (Å²) in [5, 5.41) is 2.84. The van der Waals surface area contributed by atoms with E-state index in [2.05, 4.69) is 45.5 Å². The molecule has 4 aliphatic carbocycles. The molecule has 4 saturated carbocycles. The summed E-state index contributed by atoms with van der Waals surface area (Å²) in [4.78, 5) is 0. The van der Waals surface area contributed by atoms with Gasteiger partial charge < -0.3 is 5.32 Å². The van der Waals surface area contributed by atoms with E-state index in [1.165, 1.54) is 64.2 Å². The van der Waals surface area contributed by atoms with Crippen LogP contribution in [0.15, 0.2) is 24.4 Å². The van der Waals surface area contributed by atoms with Gasteiger partial charge in [0.1, 0.15) is 0 Å². The van der Waals surface area contributed by atoms with Crippen molar-refractivity contribution in [3.05, 3.63) is 24.4 Å². The Morgan fingerprint density at radius 1 is 1.06 bits per heavy atom. The summed E-state index contributed by atoms with van der Waals surface area (Å²) in [7, 11) is 1.88. The van der Waals surface area contributed by atoms with Gasteiger partial charge in [-0.05, 0) is 117 Å². The fourth-order valence-electron chi connectivity index (χ4n) is 8.90. The lowest BCUT2D eigenvalue weighted by atomic mass is 9.37.